The molecule has 2 atom stereocenters. The normalized spacial score (nSPS) is 23.5. The number of rotatable bonds is 3. The van der Waals surface area contributed by atoms with Gasteiger partial charge in [-0.2, -0.15) is 0 Å². The smallest absolute Gasteiger partial charge is 0.162 e. The van der Waals surface area contributed by atoms with Crippen LogP contribution in [-0.4, -0.2) is 31.2 Å². The Hall–Kier alpha value is -1.59. The number of ether oxygens (including phenoxy) is 2. The zero-order chi connectivity index (χ0) is 12.6. The van der Waals surface area contributed by atoms with Gasteiger partial charge in [0.25, 0.3) is 0 Å². The van der Waals surface area contributed by atoms with E-state index in [1.165, 1.54) is 27.4 Å². The lowest BCUT2D eigenvalue weighted by Gasteiger charge is -2.28. The summed E-state index contributed by atoms with van der Waals surface area (Å²) < 4.78 is 15.7. The van der Waals surface area contributed by atoms with Crippen LogP contribution in [-0.2, 0) is 14.3 Å². The maximum atomic E-state index is 11.6. The molecule has 0 spiro atoms. The van der Waals surface area contributed by atoms with Gasteiger partial charge in [0.2, 0.25) is 0 Å². The van der Waals surface area contributed by atoms with Crippen molar-refractivity contribution in [3.05, 3.63) is 29.2 Å². The van der Waals surface area contributed by atoms with E-state index in [1.807, 2.05) is 0 Å². The number of carbonyl (C=O) groups excluding carboxylic acids is 1. The summed E-state index contributed by atoms with van der Waals surface area (Å²) >= 11 is 0. The van der Waals surface area contributed by atoms with Crippen molar-refractivity contribution in [1.29, 1.82) is 0 Å². The summed E-state index contributed by atoms with van der Waals surface area (Å²) in [6.45, 7) is 1.38. The fourth-order valence-corrected chi connectivity index (χ4v) is 2.13. The number of aliphatic hydroxyl groups is 1. The van der Waals surface area contributed by atoms with Crippen molar-refractivity contribution in [2.75, 3.05) is 14.2 Å². The predicted octanol–water partition coefficient (Wildman–Crippen LogP) is 1.29. The Bertz CT molecular complexity index is 471. The van der Waals surface area contributed by atoms with E-state index in [0.29, 0.717) is 17.1 Å². The molecule has 0 radical (unpaired) electrons. The average Bonchev–Trinajstić information content (AvgIpc) is 2.75. The maximum absolute atomic E-state index is 11.6. The second-order valence-electron chi connectivity index (χ2n) is 3.80. The van der Waals surface area contributed by atoms with Crippen LogP contribution in [0.4, 0.5) is 0 Å². The van der Waals surface area contributed by atoms with E-state index in [-0.39, 0.29) is 11.4 Å². The zero-order valence-corrected chi connectivity index (χ0v) is 9.89. The summed E-state index contributed by atoms with van der Waals surface area (Å²) in [4.78, 5) is 11.6. The molecule has 5 heteroatoms. The third-order valence-electron chi connectivity index (χ3n) is 2.86. The van der Waals surface area contributed by atoms with Gasteiger partial charge in [-0.1, -0.05) is 0 Å². The highest BCUT2D eigenvalue weighted by atomic mass is 16.5. The molecule has 2 unspecified atom stereocenters. The second kappa shape index (κ2) is 4.35. The second-order valence-corrected chi connectivity index (χ2v) is 3.80. The molecule has 2 rings (SSSR count). The highest BCUT2D eigenvalue weighted by molar-refractivity contribution is 6.02. The molecule has 0 saturated carbocycles. The molecular formula is C12H14O5. The van der Waals surface area contributed by atoms with Crippen LogP contribution in [0.5, 0.6) is 0 Å². The zero-order valence-electron chi connectivity index (χ0n) is 9.89. The van der Waals surface area contributed by atoms with Crippen LogP contribution in [0.25, 0.3) is 5.76 Å². The molecule has 0 aliphatic heterocycles. The van der Waals surface area contributed by atoms with Crippen molar-refractivity contribution < 1.29 is 23.8 Å². The molecule has 0 bridgehead atoms. The summed E-state index contributed by atoms with van der Waals surface area (Å²) in [6.07, 6.45) is -0.283. The minimum atomic E-state index is -1.08. The minimum absolute atomic E-state index is 0.216. The number of aliphatic hydroxyl groups excluding tert-OH is 1. The lowest BCUT2D eigenvalue weighted by atomic mass is 9.89. The summed E-state index contributed by atoms with van der Waals surface area (Å²) in [5.41, 5.74) is 0.864. The number of hydrogen-bond donors (Lipinski definition) is 1. The Labute approximate surface area is 98.6 Å². The summed E-state index contributed by atoms with van der Waals surface area (Å²) in [7, 11) is 2.91. The van der Waals surface area contributed by atoms with E-state index in [4.69, 9.17) is 13.9 Å². The minimum Gasteiger partial charge on any atom is -0.495 e. The fraction of sp³-hybridized carbons (Fsp3) is 0.417. The van der Waals surface area contributed by atoms with Crippen molar-refractivity contribution in [2.24, 2.45) is 0 Å². The summed E-state index contributed by atoms with van der Waals surface area (Å²) in [6, 6.07) is 1.69. The third kappa shape index (κ3) is 1.67. The highest BCUT2D eigenvalue weighted by Gasteiger charge is 2.39. The van der Waals surface area contributed by atoms with Crippen molar-refractivity contribution in [3.8, 4) is 0 Å². The largest absolute Gasteiger partial charge is 0.495 e. The molecule has 17 heavy (non-hydrogen) atoms. The monoisotopic (exact) mass is 238 g/mol. The first-order valence-electron chi connectivity index (χ1n) is 5.19. The molecule has 1 aromatic heterocycles. The molecule has 1 aromatic rings. The molecule has 5 nitrogen and oxygen atoms in total. The first kappa shape index (κ1) is 11.9. The predicted molar refractivity (Wildman–Crippen MR) is 59.1 cm³/mol. The van der Waals surface area contributed by atoms with Crippen LogP contribution in [0.3, 0.4) is 0 Å². The van der Waals surface area contributed by atoms with E-state index >= 15 is 0 Å². The van der Waals surface area contributed by atoms with Gasteiger partial charge < -0.3 is 19.0 Å². The Morgan fingerprint density at radius 3 is 2.71 bits per heavy atom. The molecule has 1 heterocycles. The average molecular weight is 238 g/mol. The van der Waals surface area contributed by atoms with E-state index in [9.17, 15) is 9.90 Å². The van der Waals surface area contributed by atoms with Crippen molar-refractivity contribution in [2.45, 2.75) is 19.1 Å². The number of ketones is 1. The standard InChI is InChI=1S/C12H14O5/c1-6(13)8-9(14)12(16-3)11-7(4-5-17-11)10(8)15-2/h4-5,9,12,14H,1-3H3. The first-order valence-corrected chi connectivity index (χ1v) is 5.19. The molecule has 92 valence electrons. The SMILES string of the molecule is COC1=C(C(C)=O)C(O)C(OC)c2occc21. The van der Waals surface area contributed by atoms with E-state index in [0.717, 1.165) is 0 Å². The fourth-order valence-electron chi connectivity index (χ4n) is 2.13. The van der Waals surface area contributed by atoms with E-state index < -0.39 is 12.2 Å². The van der Waals surface area contributed by atoms with Crippen LogP contribution in [0.15, 0.2) is 22.3 Å². The molecule has 1 aliphatic rings. The van der Waals surface area contributed by atoms with Gasteiger partial charge in [-0.3, -0.25) is 4.79 Å². The lowest BCUT2D eigenvalue weighted by Crippen LogP contribution is -2.30. The Kier molecular flexibility index (Phi) is 3.04. The molecule has 0 amide bonds. The first-order chi connectivity index (χ1) is 8.11. The molecular weight excluding hydrogens is 224 g/mol. The van der Waals surface area contributed by atoms with Gasteiger partial charge in [0, 0.05) is 7.11 Å². The summed E-state index contributed by atoms with van der Waals surface area (Å²) in [5.74, 6) is 0.576. The van der Waals surface area contributed by atoms with Crippen LogP contribution >= 0.6 is 0 Å². The van der Waals surface area contributed by atoms with Gasteiger partial charge in [0.1, 0.15) is 23.7 Å². The number of methoxy groups -OCH3 is 2. The Morgan fingerprint density at radius 1 is 1.47 bits per heavy atom. The van der Waals surface area contributed by atoms with Gasteiger partial charge in [0.15, 0.2) is 5.78 Å². The van der Waals surface area contributed by atoms with E-state index in [2.05, 4.69) is 0 Å². The van der Waals surface area contributed by atoms with Crippen molar-refractivity contribution in [1.82, 2.24) is 0 Å². The number of furan rings is 1. The van der Waals surface area contributed by atoms with Crippen molar-refractivity contribution >= 4 is 11.5 Å². The van der Waals surface area contributed by atoms with Crippen LogP contribution in [0.1, 0.15) is 24.4 Å². The van der Waals surface area contributed by atoms with Gasteiger partial charge in [-0.15, -0.1) is 0 Å². The number of fused-ring (bicyclic) bond motifs is 1. The van der Waals surface area contributed by atoms with Gasteiger partial charge in [-0.05, 0) is 13.0 Å². The van der Waals surface area contributed by atoms with Crippen LogP contribution < -0.4 is 0 Å². The van der Waals surface area contributed by atoms with E-state index in [1.54, 1.807) is 6.07 Å². The number of carbonyl (C=O) groups is 1. The summed E-state index contributed by atoms with van der Waals surface area (Å²) in [5, 5.41) is 10.1. The molecule has 0 saturated heterocycles. The lowest BCUT2D eigenvalue weighted by molar-refractivity contribution is -0.116. The Balaban J connectivity index is 2.65. The van der Waals surface area contributed by atoms with Gasteiger partial charge >= 0.3 is 0 Å². The molecule has 1 aliphatic carbocycles. The van der Waals surface area contributed by atoms with Crippen LogP contribution in [0, 0.1) is 0 Å². The number of hydrogen-bond acceptors (Lipinski definition) is 5. The Morgan fingerprint density at radius 2 is 2.18 bits per heavy atom. The van der Waals surface area contributed by atoms with Crippen LogP contribution in [0.2, 0.25) is 0 Å². The molecule has 0 aromatic carbocycles. The molecule has 0 fully saturated rings. The van der Waals surface area contributed by atoms with Crippen molar-refractivity contribution in [3.63, 3.8) is 0 Å². The third-order valence-corrected chi connectivity index (χ3v) is 2.86. The quantitative estimate of drug-likeness (QED) is 0.859. The maximum Gasteiger partial charge on any atom is 0.162 e. The topological polar surface area (TPSA) is 68.9 Å². The van der Waals surface area contributed by atoms with Gasteiger partial charge in [0.05, 0.1) is 24.5 Å². The molecule has 1 N–H and O–H groups in total. The highest BCUT2D eigenvalue weighted by Crippen LogP contribution is 2.40. The van der Waals surface area contributed by atoms with Gasteiger partial charge in [-0.25, -0.2) is 0 Å². The number of Topliss-reactive ketones (excluding diaryl/α,β-unsaturated/α-hetero) is 1.